The molecule has 1 aromatic carbocycles. The Balaban J connectivity index is 2.44. The van der Waals surface area contributed by atoms with Gasteiger partial charge in [-0.2, -0.15) is 0 Å². The maximum Gasteiger partial charge on any atom is 0.161 e. The van der Waals surface area contributed by atoms with Gasteiger partial charge in [0.25, 0.3) is 0 Å². The van der Waals surface area contributed by atoms with Crippen LogP contribution < -0.4 is 14.8 Å². The van der Waals surface area contributed by atoms with Crippen LogP contribution in [0.15, 0.2) is 34.1 Å². The first-order valence-electron chi connectivity index (χ1n) is 6.89. The smallest absolute Gasteiger partial charge is 0.161 e. The quantitative estimate of drug-likeness (QED) is 0.772. The zero-order chi connectivity index (χ0) is 15.2. The molecule has 0 spiro atoms. The number of rotatable bonds is 7. The Hall–Kier alpha value is -1.04. The second kappa shape index (κ2) is 7.82. The summed E-state index contributed by atoms with van der Waals surface area (Å²) in [6, 6.07) is 8.38. The molecule has 0 aliphatic carbocycles. The topological polar surface area (TPSA) is 30.5 Å². The Morgan fingerprint density at radius 1 is 1.24 bits per heavy atom. The van der Waals surface area contributed by atoms with Crippen LogP contribution in [0.25, 0.3) is 0 Å². The lowest BCUT2D eigenvalue weighted by atomic mass is 10.0. The third-order valence-electron chi connectivity index (χ3n) is 3.24. The molecule has 1 unspecified atom stereocenters. The zero-order valence-corrected chi connectivity index (χ0v) is 14.9. The van der Waals surface area contributed by atoms with E-state index in [9.17, 15) is 0 Å². The van der Waals surface area contributed by atoms with Crippen molar-refractivity contribution in [1.82, 2.24) is 5.32 Å². The molecule has 5 heteroatoms. The Morgan fingerprint density at radius 3 is 2.52 bits per heavy atom. The van der Waals surface area contributed by atoms with Gasteiger partial charge in [0.05, 0.1) is 20.3 Å². The van der Waals surface area contributed by atoms with Gasteiger partial charge in [-0.05, 0) is 42.1 Å². The second-order valence-electron chi connectivity index (χ2n) is 4.63. The number of ether oxygens (including phenoxy) is 2. The molecule has 114 valence electrons. The summed E-state index contributed by atoms with van der Waals surface area (Å²) in [5, 5.41) is 5.70. The predicted octanol–water partition coefficient (Wildman–Crippen LogP) is 4.62. The van der Waals surface area contributed by atoms with Crippen LogP contribution in [0, 0.1) is 0 Å². The first-order chi connectivity index (χ1) is 10.2. The Labute approximate surface area is 138 Å². The van der Waals surface area contributed by atoms with Gasteiger partial charge in [0, 0.05) is 9.35 Å². The van der Waals surface area contributed by atoms with Gasteiger partial charge in [0.1, 0.15) is 0 Å². The number of methoxy groups -OCH3 is 2. The molecule has 2 rings (SSSR count). The molecule has 0 saturated carbocycles. The van der Waals surface area contributed by atoms with Crippen molar-refractivity contribution in [2.75, 3.05) is 20.8 Å². The van der Waals surface area contributed by atoms with Crippen molar-refractivity contribution in [3.63, 3.8) is 0 Å². The normalized spacial score (nSPS) is 12.2. The lowest BCUT2D eigenvalue weighted by molar-refractivity contribution is 0.354. The highest BCUT2D eigenvalue weighted by atomic mass is 79.9. The molecule has 1 N–H and O–H groups in total. The van der Waals surface area contributed by atoms with Crippen LogP contribution in [-0.4, -0.2) is 20.8 Å². The molecule has 0 aliphatic heterocycles. The first kappa shape index (κ1) is 16.3. The average molecular weight is 370 g/mol. The van der Waals surface area contributed by atoms with Crippen LogP contribution in [0.4, 0.5) is 0 Å². The molecule has 0 radical (unpaired) electrons. The highest BCUT2D eigenvalue weighted by Crippen LogP contribution is 2.38. The largest absolute Gasteiger partial charge is 0.493 e. The highest BCUT2D eigenvalue weighted by molar-refractivity contribution is 9.10. The molecule has 1 heterocycles. The van der Waals surface area contributed by atoms with E-state index >= 15 is 0 Å². The van der Waals surface area contributed by atoms with E-state index in [1.54, 1.807) is 25.6 Å². The summed E-state index contributed by atoms with van der Waals surface area (Å²) in [6.45, 7) is 3.13. The minimum absolute atomic E-state index is 0.152. The molecule has 3 nitrogen and oxygen atoms in total. The molecular formula is C16H20BrNO2S. The van der Waals surface area contributed by atoms with E-state index in [1.165, 1.54) is 4.88 Å². The van der Waals surface area contributed by atoms with Crippen molar-refractivity contribution < 1.29 is 9.47 Å². The van der Waals surface area contributed by atoms with E-state index in [4.69, 9.17) is 9.47 Å². The number of benzene rings is 1. The van der Waals surface area contributed by atoms with E-state index < -0.39 is 0 Å². The number of nitrogens with one attached hydrogen (secondary N) is 1. The minimum Gasteiger partial charge on any atom is -0.493 e. The van der Waals surface area contributed by atoms with Crippen molar-refractivity contribution in [1.29, 1.82) is 0 Å². The fourth-order valence-corrected chi connectivity index (χ4v) is 3.57. The SMILES string of the molecule is CCCNC(c1cccs1)c1cc(OC)c(OC)cc1Br. The van der Waals surface area contributed by atoms with Gasteiger partial charge in [0.2, 0.25) is 0 Å². The minimum atomic E-state index is 0.152. The summed E-state index contributed by atoms with van der Waals surface area (Å²) in [5.74, 6) is 1.48. The number of thiophene rings is 1. The zero-order valence-electron chi connectivity index (χ0n) is 12.5. The van der Waals surface area contributed by atoms with E-state index in [0.717, 1.165) is 34.5 Å². The van der Waals surface area contributed by atoms with E-state index in [2.05, 4.69) is 45.7 Å². The van der Waals surface area contributed by atoms with Gasteiger partial charge < -0.3 is 14.8 Å². The standard InChI is InChI=1S/C16H20BrNO2S/c1-4-7-18-16(15-6-5-8-21-15)11-9-13(19-2)14(20-3)10-12(11)17/h5-6,8-10,16,18H,4,7H2,1-3H3. The van der Waals surface area contributed by atoms with Gasteiger partial charge in [-0.15, -0.1) is 11.3 Å². The fraction of sp³-hybridized carbons (Fsp3) is 0.375. The van der Waals surface area contributed by atoms with E-state index in [0.29, 0.717) is 0 Å². The summed E-state index contributed by atoms with van der Waals surface area (Å²) in [5.41, 5.74) is 1.16. The molecule has 0 saturated heterocycles. The average Bonchev–Trinajstić information content (AvgIpc) is 3.02. The molecular weight excluding hydrogens is 350 g/mol. The lowest BCUT2D eigenvalue weighted by Gasteiger charge is -2.21. The molecule has 2 aromatic rings. The Kier molecular flexibility index (Phi) is 6.08. The summed E-state index contributed by atoms with van der Waals surface area (Å²) in [6.07, 6.45) is 1.09. The van der Waals surface area contributed by atoms with Crippen molar-refractivity contribution in [2.24, 2.45) is 0 Å². The van der Waals surface area contributed by atoms with Crippen LogP contribution in [-0.2, 0) is 0 Å². The van der Waals surface area contributed by atoms with Crippen LogP contribution in [0.2, 0.25) is 0 Å². The van der Waals surface area contributed by atoms with Crippen molar-refractivity contribution in [2.45, 2.75) is 19.4 Å². The van der Waals surface area contributed by atoms with Crippen LogP contribution in [0.1, 0.15) is 29.8 Å². The lowest BCUT2D eigenvalue weighted by Crippen LogP contribution is -2.22. The van der Waals surface area contributed by atoms with Gasteiger partial charge in [0.15, 0.2) is 11.5 Å². The number of halogens is 1. The maximum atomic E-state index is 5.43. The fourth-order valence-electron chi connectivity index (χ4n) is 2.20. The molecule has 0 fully saturated rings. The number of hydrogen-bond acceptors (Lipinski definition) is 4. The molecule has 0 bridgehead atoms. The third kappa shape index (κ3) is 3.78. The van der Waals surface area contributed by atoms with Crippen LogP contribution in [0.5, 0.6) is 11.5 Å². The van der Waals surface area contributed by atoms with Gasteiger partial charge in [-0.1, -0.05) is 28.9 Å². The summed E-state index contributed by atoms with van der Waals surface area (Å²) in [4.78, 5) is 1.29. The third-order valence-corrected chi connectivity index (χ3v) is 4.86. The second-order valence-corrected chi connectivity index (χ2v) is 6.46. The molecule has 0 aliphatic rings. The highest BCUT2D eigenvalue weighted by Gasteiger charge is 2.20. The van der Waals surface area contributed by atoms with Crippen LogP contribution >= 0.6 is 27.3 Å². The number of hydrogen-bond donors (Lipinski definition) is 1. The van der Waals surface area contributed by atoms with Gasteiger partial charge in [-0.3, -0.25) is 0 Å². The summed E-state index contributed by atoms with van der Waals surface area (Å²) < 4.78 is 11.8. The first-order valence-corrected chi connectivity index (χ1v) is 8.56. The van der Waals surface area contributed by atoms with Gasteiger partial charge >= 0.3 is 0 Å². The molecule has 1 atom stereocenters. The summed E-state index contributed by atoms with van der Waals surface area (Å²) in [7, 11) is 3.31. The van der Waals surface area contributed by atoms with Crippen molar-refractivity contribution in [3.05, 3.63) is 44.6 Å². The van der Waals surface area contributed by atoms with E-state index in [1.807, 2.05) is 12.1 Å². The van der Waals surface area contributed by atoms with Crippen molar-refractivity contribution in [3.8, 4) is 11.5 Å². The summed E-state index contributed by atoms with van der Waals surface area (Å²) >= 11 is 5.41. The Bertz CT molecular complexity index is 572. The monoisotopic (exact) mass is 369 g/mol. The van der Waals surface area contributed by atoms with Gasteiger partial charge in [-0.25, -0.2) is 0 Å². The van der Waals surface area contributed by atoms with Crippen molar-refractivity contribution >= 4 is 27.3 Å². The Morgan fingerprint density at radius 2 is 1.95 bits per heavy atom. The van der Waals surface area contributed by atoms with E-state index in [-0.39, 0.29) is 6.04 Å². The maximum absolute atomic E-state index is 5.43. The molecule has 0 amide bonds. The van der Waals surface area contributed by atoms with Crippen LogP contribution in [0.3, 0.4) is 0 Å². The molecule has 1 aromatic heterocycles. The molecule has 21 heavy (non-hydrogen) atoms. The predicted molar refractivity (Wildman–Crippen MR) is 91.7 cm³/mol.